The molecule has 0 radical (unpaired) electrons. The van der Waals surface area contributed by atoms with Crippen LogP contribution in [0.3, 0.4) is 0 Å². The van der Waals surface area contributed by atoms with E-state index in [0.29, 0.717) is 0 Å². The molecule has 22 heavy (non-hydrogen) atoms. The first kappa shape index (κ1) is 14.8. The minimum atomic E-state index is 0.792. The van der Waals surface area contributed by atoms with Gasteiger partial charge in [0.25, 0.3) is 0 Å². The Morgan fingerprint density at radius 2 is 1.86 bits per heavy atom. The second-order valence-electron chi connectivity index (χ2n) is 6.23. The third-order valence-corrected chi connectivity index (χ3v) is 4.34. The van der Waals surface area contributed by atoms with E-state index in [1.165, 1.54) is 18.4 Å². The van der Waals surface area contributed by atoms with E-state index in [0.717, 1.165) is 37.3 Å². The molecule has 0 unspecified atom stereocenters. The molecule has 0 N–H and O–H groups in total. The summed E-state index contributed by atoms with van der Waals surface area (Å²) < 4.78 is 0. The molecule has 1 aliphatic heterocycles. The Morgan fingerprint density at radius 3 is 2.59 bits per heavy atom. The lowest BCUT2D eigenvalue weighted by atomic mass is 9.99. The summed E-state index contributed by atoms with van der Waals surface area (Å²) in [6, 6.07) is 12.5. The van der Waals surface area contributed by atoms with Crippen LogP contribution in [0.25, 0.3) is 0 Å². The van der Waals surface area contributed by atoms with Crippen LogP contribution in [0.4, 0.5) is 11.8 Å². The average molecular weight is 296 g/mol. The van der Waals surface area contributed by atoms with Gasteiger partial charge in [-0.3, -0.25) is 0 Å². The molecular formula is C18H24N4. The molecule has 2 aromatic rings. The van der Waals surface area contributed by atoms with Crippen molar-refractivity contribution in [2.45, 2.75) is 26.3 Å². The highest BCUT2D eigenvalue weighted by molar-refractivity contribution is 5.44. The molecule has 1 aliphatic rings. The van der Waals surface area contributed by atoms with E-state index in [1.54, 1.807) is 0 Å². The van der Waals surface area contributed by atoms with Crippen LogP contribution < -0.4 is 9.80 Å². The normalized spacial score (nSPS) is 15.8. The molecule has 1 fully saturated rings. The molecule has 3 rings (SSSR count). The Balaban J connectivity index is 1.70. The molecule has 0 saturated carbocycles. The summed E-state index contributed by atoms with van der Waals surface area (Å²) in [7, 11) is 2.05. The monoisotopic (exact) mass is 296 g/mol. The minimum absolute atomic E-state index is 0.792. The third-order valence-electron chi connectivity index (χ3n) is 4.34. The zero-order valence-corrected chi connectivity index (χ0v) is 13.4. The molecule has 4 heteroatoms. The van der Waals surface area contributed by atoms with Crippen LogP contribution >= 0.6 is 0 Å². The van der Waals surface area contributed by atoms with Crippen LogP contribution in [0.1, 0.15) is 25.3 Å². The molecule has 2 heterocycles. The molecule has 0 spiro atoms. The van der Waals surface area contributed by atoms with Crippen LogP contribution in [0.5, 0.6) is 0 Å². The van der Waals surface area contributed by atoms with Gasteiger partial charge in [-0.1, -0.05) is 37.3 Å². The first-order valence-corrected chi connectivity index (χ1v) is 8.05. The highest BCUT2D eigenvalue weighted by Crippen LogP contribution is 2.22. The summed E-state index contributed by atoms with van der Waals surface area (Å²) in [6.45, 7) is 5.34. The zero-order chi connectivity index (χ0) is 15.4. The number of hydrogen-bond acceptors (Lipinski definition) is 4. The summed E-state index contributed by atoms with van der Waals surface area (Å²) in [5, 5.41) is 0. The van der Waals surface area contributed by atoms with Crippen LogP contribution in [-0.2, 0) is 6.54 Å². The van der Waals surface area contributed by atoms with Crippen LogP contribution in [-0.4, -0.2) is 30.1 Å². The highest BCUT2D eigenvalue weighted by atomic mass is 15.3. The van der Waals surface area contributed by atoms with Crippen molar-refractivity contribution in [1.29, 1.82) is 0 Å². The summed E-state index contributed by atoms with van der Waals surface area (Å²) >= 11 is 0. The van der Waals surface area contributed by atoms with Crippen molar-refractivity contribution in [1.82, 2.24) is 9.97 Å². The van der Waals surface area contributed by atoms with Gasteiger partial charge in [-0.2, -0.15) is 4.98 Å². The van der Waals surface area contributed by atoms with Crippen LogP contribution in [0.15, 0.2) is 42.6 Å². The Morgan fingerprint density at radius 1 is 1.14 bits per heavy atom. The van der Waals surface area contributed by atoms with E-state index < -0.39 is 0 Å². The van der Waals surface area contributed by atoms with E-state index in [2.05, 4.69) is 46.0 Å². The summed E-state index contributed by atoms with van der Waals surface area (Å²) in [5.74, 6) is 2.68. The lowest BCUT2D eigenvalue weighted by Gasteiger charge is -2.31. The maximum Gasteiger partial charge on any atom is 0.227 e. The summed E-state index contributed by atoms with van der Waals surface area (Å²) in [6.07, 6.45) is 4.37. The van der Waals surface area contributed by atoms with Gasteiger partial charge >= 0.3 is 0 Å². The van der Waals surface area contributed by atoms with Crippen molar-refractivity contribution in [2.24, 2.45) is 5.92 Å². The van der Waals surface area contributed by atoms with Gasteiger partial charge in [0.1, 0.15) is 5.82 Å². The van der Waals surface area contributed by atoms with Gasteiger partial charge in [-0.15, -0.1) is 0 Å². The van der Waals surface area contributed by atoms with Crippen molar-refractivity contribution in [2.75, 3.05) is 29.9 Å². The molecule has 1 aromatic heterocycles. The first-order chi connectivity index (χ1) is 10.7. The van der Waals surface area contributed by atoms with E-state index >= 15 is 0 Å². The van der Waals surface area contributed by atoms with Crippen LogP contribution in [0, 0.1) is 5.92 Å². The first-order valence-electron chi connectivity index (χ1n) is 8.05. The lowest BCUT2D eigenvalue weighted by Crippen LogP contribution is -2.33. The largest absolute Gasteiger partial charge is 0.356 e. The Kier molecular flexibility index (Phi) is 4.56. The number of rotatable bonds is 4. The van der Waals surface area contributed by atoms with E-state index in [1.807, 2.05) is 25.4 Å². The lowest BCUT2D eigenvalue weighted by molar-refractivity contribution is 0.436. The molecule has 116 valence electrons. The zero-order valence-electron chi connectivity index (χ0n) is 13.4. The van der Waals surface area contributed by atoms with Crippen LogP contribution in [0.2, 0.25) is 0 Å². The maximum absolute atomic E-state index is 4.76. The maximum atomic E-state index is 4.76. The third kappa shape index (κ3) is 3.56. The number of anilines is 2. The second kappa shape index (κ2) is 6.77. The SMILES string of the molecule is CC1CCN(c2ccnc(N(C)Cc3ccccc3)n2)CC1. The molecule has 4 nitrogen and oxygen atoms in total. The molecular weight excluding hydrogens is 272 g/mol. The van der Waals surface area contributed by atoms with Crippen molar-refractivity contribution < 1.29 is 0 Å². The predicted octanol–water partition coefficient (Wildman–Crippen LogP) is 3.35. The predicted molar refractivity (Wildman–Crippen MR) is 91.2 cm³/mol. The van der Waals surface area contributed by atoms with Crippen molar-refractivity contribution in [3.8, 4) is 0 Å². The quantitative estimate of drug-likeness (QED) is 0.866. The number of nitrogens with zero attached hydrogens (tertiary/aromatic N) is 4. The second-order valence-corrected chi connectivity index (χ2v) is 6.23. The number of aromatic nitrogens is 2. The molecule has 1 saturated heterocycles. The van der Waals surface area contributed by atoms with Gasteiger partial charge in [0.2, 0.25) is 5.95 Å². The van der Waals surface area contributed by atoms with Gasteiger partial charge in [0, 0.05) is 32.9 Å². The topological polar surface area (TPSA) is 32.3 Å². The number of piperidine rings is 1. The fourth-order valence-electron chi connectivity index (χ4n) is 2.86. The molecule has 0 atom stereocenters. The fraction of sp³-hybridized carbons (Fsp3) is 0.444. The molecule has 0 amide bonds. The van der Waals surface area contributed by atoms with E-state index in [-0.39, 0.29) is 0 Å². The standard InChI is InChI=1S/C18H24N4/c1-15-9-12-22(13-10-15)17-8-11-19-18(20-17)21(2)14-16-6-4-3-5-7-16/h3-8,11,15H,9-10,12-14H2,1-2H3. The molecule has 0 bridgehead atoms. The van der Waals surface area contributed by atoms with Gasteiger partial charge in [0.05, 0.1) is 0 Å². The van der Waals surface area contributed by atoms with E-state index in [9.17, 15) is 0 Å². The highest BCUT2D eigenvalue weighted by Gasteiger charge is 2.17. The Hall–Kier alpha value is -2.10. The van der Waals surface area contributed by atoms with E-state index in [4.69, 9.17) is 4.98 Å². The fourth-order valence-corrected chi connectivity index (χ4v) is 2.86. The number of benzene rings is 1. The molecule has 1 aromatic carbocycles. The summed E-state index contributed by atoms with van der Waals surface area (Å²) in [4.78, 5) is 13.7. The van der Waals surface area contributed by atoms with Gasteiger partial charge < -0.3 is 9.80 Å². The minimum Gasteiger partial charge on any atom is -0.356 e. The van der Waals surface area contributed by atoms with Crippen molar-refractivity contribution >= 4 is 11.8 Å². The summed E-state index contributed by atoms with van der Waals surface area (Å²) in [5.41, 5.74) is 1.27. The van der Waals surface area contributed by atoms with Gasteiger partial charge in [0.15, 0.2) is 0 Å². The number of hydrogen-bond donors (Lipinski definition) is 0. The van der Waals surface area contributed by atoms with Crippen molar-refractivity contribution in [3.63, 3.8) is 0 Å². The smallest absolute Gasteiger partial charge is 0.227 e. The van der Waals surface area contributed by atoms with Gasteiger partial charge in [-0.25, -0.2) is 4.98 Å². The average Bonchev–Trinajstić information content (AvgIpc) is 2.56. The Bertz CT molecular complexity index is 591. The van der Waals surface area contributed by atoms with Gasteiger partial charge in [-0.05, 0) is 30.4 Å². The molecule has 0 aliphatic carbocycles. The Labute approximate surface area is 132 Å². The van der Waals surface area contributed by atoms with Crippen molar-refractivity contribution in [3.05, 3.63) is 48.2 Å².